The first kappa shape index (κ1) is 24.7. The van der Waals surface area contributed by atoms with Gasteiger partial charge in [0.05, 0.1) is 24.7 Å². The van der Waals surface area contributed by atoms with Crippen LogP contribution in [0.15, 0.2) is 59.5 Å². The zero-order valence-corrected chi connectivity index (χ0v) is 19.3. The van der Waals surface area contributed by atoms with Crippen LogP contribution < -0.4 is 10.1 Å². The number of hydrogen-bond acceptors (Lipinski definition) is 7. The summed E-state index contributed by atoms with van der Waals surface area (Å²) in [6.07, 6.45) is -0.413. The third-order valence-electron chi connectivity index (χ3n) is 4.94. The zero-order valence-electron chi connectivity index (χ0n) is 18.4. The smallest absolute Gasteiger partial charge is 0.306 e. The fourth-order valence-electron chi connectivity index (χ4n) is 3.12. The van der Waals surface area contributed by atoms with Crippen LogP contribution in [0.1, 0.15) is 19.8 Å². The third-order valence-corrected chi connectivity index (χ3v) is 6.86. The number of benzene rings is 2. The molecule has 2 aromatic rings. The van der Waals surface area contributed by atoms with E-state index in [1.807, 2.05) is 30.3 Å². The van der Waals surface area contributed by atoms with Crippen LogP contribution in [-0.2, 0) is 29.1 Å². The van der Waals surface area contributed by atoms with Crippen molar-refractivity contribution >= 4 is 27.6 Å². The number of anilines is 1. The van der Waals surface area contributed by atoms with Gasteiger partial charge in [-0.3, -0.25) is 9.59 Å². The number of ether oxygens (including phenoxy) is 3. The maximum absolute atomic E-state index is 12.7. The summed E-state index contributed by atoms with van der Waals surface area (Å²) in [5, 5.41) is 2.62. The average Bonchev–Trinajstić information content (AvgIpc) is 2.83. The van der Waals surface area contributed by atoms with E-state index in [1.54, 1.807) is 0 Å². The monoisotopic (exact) mass is 476 g/mol. The van der Waals surface area contributed by atoms with Crippen molar-refractivity contribution in [3.8, 4) is 5.75 Å². The lowest BCUT2D eigenvalue weighted by atomic mass is 10.3. The Morgan fingerprint density at radius 2 is 1.73 bits per heavy atom. The highest BCUT2D eigenvalue weighted by atomic mass is 32.2. The summed E-state index contributed by atoms with van der Waals surface area (Å²) in [6, 6.07) is 15.1. The summed E-state index contributed by atoms with van der Waals surface area (Å²) in [6.45, 7) is 3.18. The van der Waals surface area contributed by atoms with Gasteiger partial charge in [-0.1, -0.05) is 18.2 Å². The highest BCUT2D eigenvalue weighted by Gasteiger charge is 2.26. The van der Waals surface area contributed by atoms with Crippen LogP contribution in [0, 0.1) is 0 Å². The molecule has 1 atom stereocenters. The third kappa shape index (κ3) is 7.28. The van der Waals surface area contributed by atoms with Crippen LogP contribution in [0.5, 0.6) is 5.75 Å². The Morgan fingerprint density at radius 1 is 1.06 bits per heavy atom. The van der Waals surface area contributed by atoms with E-state index >= 15 is 0 Å². The van der Waals surface area contributed by atoms with E-state index in [-0.39, 0.29) is 11.3 Å². The first-order valence-corrected chi connectivity index (χ1v) is 12.2. The number of rotatable bonds is 10. The molecule has 2 aromatic carbocycles. The number of morpholine rings is 1. The molecule has 1 amide bonds. The molecule has 0 radical (unpaired) electrons. The van der Waals surface area contributed by atoms with Crippen molar-refractivity contribution in [1.82, 2.24) is 4.31 Å². The van der Waals surface area contributed by atoms with E-state index in [0.29, 0.717) is 45.0 Å². The number of amides is 1. The Kier molecular flexibility index (Phi) is 8.81. The molecule has 1 heterocycles. The number of nitrogens with zero attached hydrogens (tertiary/aromatic N) is 1. The molecule has 3 rings (SSSR count). The second-order valence-electron chi connectivity index (χ2n) is 7.43. The molecule has 1 unspecified atom stereocenters. The Labute approximate surface area is 193 Å². The Balaban J connectivity index is 1.42. The molecular formula is C23H28N2O7S. The number of para-hydroxylation sites is 1. The molecule has 0 spiro atoms. The van der Waals surface area contributed by atoms with Gasteiger partial charge in [0.1, 0.15) is 5.75 Å². The molecule has 1 N–H and O–H groups in total. The van der Waals surface area contributed by atoms with Crippen LogP contribution in [0.25, 0.3) is 0 Å². The van der Waals surface area contributed by atoms with Gasteiger partial charge in [-0.05, 0) is 49.7 Å². The molecule has 178 valence electrons. The van der Waals surface area contributed by atoms with Crippen LogP contribution >= 0.6 is 0 Å². The molecule has 1 aliphatic heterocycles. The first-order chi connectivity index (χ1) is 15.9. The van der Waals surface area contributed by atoms with Crippen LogP contribution in [0.4, 0.5) is 5.69 Å². The van der Waals surface area contributed by atoms with Gasteiger partial charge in [0.2, 0.25) is 10.0 Å². The summed E-state index contributed by atoms with van der Waals surface area (Å²) in [7, 11) is -3.61. The highest BCUT2D eigenvalue weighted by Crippen LogP contribution is 2.19. The first-order valence-electron chi connectivity index (χ1n) is 10.7. The van der Waals surface area contributed by atoms with Crippen molar-refractivity contribution in [2.24, 2.45) is 0 Å². The van der Waals surface area contributed by atoms with Gasteiger partial charge in [0.15, 0.2) is 6.10 Å². The van der Waals surface area contributed by atoms with Crippen molar-refractivity contribution in [3.05, 3.63) is 54.6 Å². The number of esters is 1. The fraction of sp³-hybridized carbons (Fsp3) is 0.391. The zero-order chi connectivity index (χ0) is 23.7. The number of carbonyl (C=O) groups excluding carboxylic acids is 2. The van der Waals surface area contributed by atoms with Crippen molar-refractivity contribution in [2.45, 2.75) is 30.8 Å². The van der Waals surface area contributed by atoms with E-state index in [1.165, 1.54) is 35.5 Å². The maximum atomic E-state index is 12.7. The molecule has 10 heteroatoms. The standard InChI is InChI=1S/C23H28N2O7S/c1-18(32-22(26)8-5-15-31-20-6-3-2-4-7-20)23(27)24-19-9-11-21(12-10-19)33(28,29)25-13-16-30-17-14-25/h2-4,6-7,9-12,18H,5,8,13-17H2,1H3,(H,24,27). The quantitative estimate of drug-likeness (QED) is 0.414. The van der Waals surface area contributed by atoms with Crippen molar-refractivity contribution < 1.29 is 32.2 Å². The summed E-state index contributed by atoms with van der Waals surface area (Å²) in [5.41, 5.74) is 0.403. The molecule has 1 saturated heterocycles. The van der Waals surface area contributed by atoms with Crippen molar-refractivity contribution in [3.63, 3.8) is 0 Å². The Bertz CT molecular complexity index is 1020. The minimum atomic E-state index is -3.61. The van der Waals surface area contributed by atoms with Gasteiger partial charge < -0.3 is 19.5 Å². The molecule has 1 fully saturated rings. The normalized spacial score (nSPS) is 15.4. The lowest BCUT2D eigenvalue weighted by Crippen LogP contribution is -2.40. The van der Waals surface area contributed by atoms with Crippen LogP contribution in [0.2, 0.25) is 0 Å². The van der Waals surface area contributed by atoms with Crippen molar-refractivity contribution in [1.29, 1.82) is 0 Å². The minimum absolute atomic E-state index is 0.124. The summed E-state index contributed by atoms with van der Waals surface area (Å²) >= 11 is 0. The fourth-order valence-corrected chi connectivity index (χ4v) is 4.53. The van der Waals surface area contributed by atoms with Gasteiger partial charge in [0.25, 0.3) is 5.91 Å². The van der Waals surface area contributed by atoms with Gasteiger partial charge in [0, 0.05) is 25.2 Å². The molecule has 33 heavy (non-hydrogen) atoms. The second kappa shape index (κ2) is 11.8. The minimum Gasteiger partial charge on any atom is -0.494 e. The van der Waals surface area contributed by atoms with Crippen LogP contribution in [-0.4, -0.2) is 63.6 Å². The van der Waals surface area contributed by atoms with E-state index in [4.69, 9.17) is 14.2 Å². The van der Waals surface area contributed by atoms with Gasteiger partial charge in [-0.25, -0.2) is 8.42 Å². The van der Waals surface area contributed by atoms with Crippen molar-refractivity contribution in [2.75, 3.05) is 38.2 Å². The molecular weight excluding hydrogens is 448 g/mol. The number of hydrogen-bond donors (Lipinski definition) is 1. The lowest BCUT2D eigenvalue weighted by Gasteiger charge is -2.26. The predicted octanol–water partition coefficient (Wildman–Crippen LogP) is 2.44. The molecule has 0 aromatic heterocycles. The highest BCUT2D eigenvalue weighted by molar-refractivity contribution is 7.89. The Morgan fingerprint density at radius 3 is 2.39 bits per heavy atom. The summed E-state index contributed by atoms with van der Waals surface area (Å²) in [4.78, 5) is 24.5. The lowest BCUT2D eigenvalue weighted by molar-refractivity contribution is -0.153. The summed E-state index contributed by atoms with van der Waals surface area (Å²) < 4.78 is 42.6. The summed E-state index contributed by atoms with van der Waals surface area (Å²) in [5.74, 6) is -0.281. The van der Waals surface area contributed by atoms with Gasteiger partial charge in [-0.15, -0.1) is 0 Å². The molecule has 1 aliphatic rings. The average molecular weight is 477 g/mol. The largest absolute Gasteiger partial charge is 0.494 e. The number of sulfonamides is 1. The van der Waals surface area contributed by atoms with Gasteiger partial charge >= 0.3 is 5.97 Å². The van der Waals surface area contributed by atoms with Gasteiger partial charge in [-0.2, -0.15) is 4.31 Å². The SMILES string of the molecule is CC(OC(=O)CCCOc1ccccc1)C(=O)Nc1ccc(S(=O)(=O)N2CCOCC2)cc1. The maximum Gasteiger partial charge on any atom is 0.306 e. The van der Waals surface area contributed by atoms with E-state index < -0.39 is 28.0 Å². The predicted molar refractivity (Wildman–Crippen MR) is 121 cm³/mol. The number of carbonyl (C=O) groups is 2. The second-order valence-corrected chi connectivity index (χ2v) is 9.37. The molecule has 0 bridgehead atoms. The Hall–Kier alpha value is -2.95. The van der Waals surface area contributed by atoms with E-state index in [0.717, 1.165) is 5.75 Å². The topological polar surface area (TPSA) is 111 Å². The molecule has 9 nitrogen and oxygen atoms in total. The van der Waals surface area contributed by atoms with E-state index in [9.17, 15) is 18.0 Å². The number of nitrogens with one attached hydrogen (secondary N) is 1. The molecule has 0 saturated carbocycles. The molecule has 0 aliphatic carbocycles. The van der Waals surface area contributed by atoms with Crippen LogP contribution in [0.3, 0.4) is 0 Å². The van der Waals surface area contributed by atoms with E-state index in [2.05, 4.69) is 5.32 Å².